The van der Waals surface area contributed by atoms with Gasteiger partial charge in [-0.2, -0.15) is 0 Å². The van der Waals surface area contributed by atoms with Gasteiger partial charge in [0.15, 0.2) is 0 Å². The second-order valence-electron chi connectivity index (χ2n) is 5.41. The Hall–Kier alpha value is -1.13. The first-order chi connectivity index (χ1) is 8.49. The van der Waals surface area contributed by atoms with Gasteiger partial charge in [-0.3, -0.25) is 4.98 Å². The lowest BCUT2D eigenvalue weighted by atomic mass is 9.85. The first-order valence-electron chi connectivity index (χ1n) is 6.53. The Labute approximate surface area is 109 Å². The predicted octanol–water partition coefficient (Wildman–Crippen LogP) is 1.78. The Bertz CT molecular complexity index is 399. The first-order valence-corrected chi connectivity index (χ1v) is 6.53. The van der Waals surface area contributed by atoms with Crippen molar-refractivity contribution in [3.05, 3.63) is 24.0 Å². The Morgan fingerprint density at radius 1 is 1.33 bits per heavy atom. The standard InChI is InChI=1S/C14H22N2O2/c1-11(2)18-13-8-12(9-15-10-13)14(17)4-6-16(3)7-5-14/h8-11,17H,4-7H2,1-3H3. The van der Waals surface area contributed by atoms with Gasteiger partial charge in [0.25, 0.3) is 0 Å². The lowest BCUT2D eigenvalue weighted by Crippen LogP contribution is -2.40. The minimum atomic E-state index is -0.754. The minimum absolute atomic E-state index is 0.120. The molecule has 2 heterocycles. The van der Waals surface area contributed by atoms with Crippen LogP contribution in [-0.2, 0) is 5.60 Å². The van der Waals surface area contributed by atoms with Crippen LogP contribution in [0, 0.1) is 0 Å². The topological polar surface area (TPSA) is 45.6 Å². The van der Waals surface area contributed by atoms with Gasteiger partial charge in [-0.05, 0) is 39.8 Å². The van der Waals surface area contributed by atoms with E-state index in [1.165, 1.54) is 0 Å². The number of pyridine rings is 1. The minimum Gasteiger partial charge on any atom is -0.489 e. The molecule has 0 radical (unpaired) electrons. The molecule has 0 bridgehead atoms. The molecule has 0 atom stereocenters. The summed E-state index contributed by atoms with van der Waals surface area (Å²) < 4.78 is 5.63. The maximum absolute atomic E-state index is 10.7. The molecule has 0 amide bonds. The van der Waals surface area contributed by atoms with Crippen LogP contribution in [0.15, 0.2) is 18.5 Å². The molecule has 4 heteroatoms. The molecule has 100 valence electrons. The van der Waals surface area contributed by atoms with Crippen LogP contribution in [0.5, 0.6) is 5.75 Å². The average Bonchev–Trinajstić information content (AvgIpc) is 2.33. The lowest BCUT2D eigenvalue weighted by Gasteiger charge is -2.36. The Balaban J connectivity index is 2.17. The largest absolute Gasteiger partial charge is 0.489 e. The van der Waals surface area contributed by atoms with Crippen LogP contribution < -0.4 is 4.74 Å². The zero-order valence-electron chi connectivity index (χ0n) is 11.4. The van der Waals surface area contributed by atoms with Crippen molar-refractivity contribution in [1.29, 1.82) is 0 Å². The van der Waals surface area contributed by atoms with Crippen molar-refractivity contribution < 1.29 is 9.84 Å². The fourth-order valence-electron chi connectivity index (χ4n) is 2.29. The first kappa shape index (κ1) is 13.3. The van der Waals surface area contributed by atoms with Gasteiger partial charge in [-0.1, -0.05) is 0 Å². The third kappa shape index (κ3) is 3.00. The number of ether oxygens (including phenoxy) is 1. The highest BCUT2D eigenvalue weighted by Crippen LogP contribution is 2.33. The summed E-state index contributed by atoms with van der Waals surface area (Å²) in [5.74, 6) is 0.731. The highest BCUT2D eigenvalue weighted by molar-refractivity contribution is 5.28. The summed E-state index contributed by atoms with van der Waals surface area (Å²) in [7, 11) is 2.08. The van der Waals surface area contributed by atoms with Crippen molar-refractivity contribution in [1.82, 2.24) is 9.88 Å². The Morgan fingerprint density at radius 2 is 2.00 bits per heavy atom. The van der Waals surface area contributed by atoms with Crippen LogP contribution in [0.25, 0.3) is 0 Å². The number of piperidine rings is 1. The molecular formula is C14H22N2O2. The molecule has 0 aromatic carbocycles. The van der Waals surface area contributed by atoms with Crippen molar-refractivity contribution in [2.75, 3.05) is 20.1 Å². The van der Waals surface area contributed by atoms with Gasteiger partial charge in [0.05, 0.1) is 17.9 Å². The van der Waals surface area contributed by atoms with Gasteiger partial charge in [0.1, 0.15) is 5.75 Å². The SMILES string of the molecule is CC(C)Oc1cncc(C2(O)CCN(C)CC2)c1. The van der Waals surface area contributed by atoms with Crippen LogP contribution >= 0.6 is 0 Å². The van der Waals surface area contributed by atoms with Gasteiger partial charge in [0, 0.05) is 24.8 Å². The summed E-state index contributed by atoms with van der Waals surface area (Å²) >= 11 is 0. The number of aromatic nitrogens is 1. The lowest BCUT2D eigenvalue weighted by molar-refractivity contribution is -0.0208. The molecule has 0 spiro atoms. The predicted molar refractivity (Wildman–Crippen MR) is 70.6 cm³/mol. The maximum Gasteiger partial charge on any atom is 0.138 e. The number of likely N-dealkylation sites (tertiary alicyclic amines) is 1. The van der Waals surface area contributed by atoms with Crippen molar-refractivity contribution >= 4 is 0 Å². The Morgan fingerprint density at radius 3 is 2.61 bits per heavy atom. The van der Waals surface area contributed by atoms with Crippen LogP contribution in [0.2, 0.25) is 0 Å². The van der Waals surface area contributed by atoms with Gasteiger partial charge in [-0.15, -0.1) is 0 Å². The van der Waals surface area contributed by atoms with E-state index in [0.29, 0.717) is 0 Å². The molecular weight excluding hydrogens is 228 g/mol. The molecule has 1 aliphatic heterocycles. The molecule has 0 unspecified atom stereocenters. The maximum atomic E-state index is 10.7. The fourth-order valence-corrected chi connectivity index (χ4v) is 2.29. The van der Waals surface area contributed by atoms with Crippen LogP contribution in [0.4, 0.5) is 0 Å². The van der Waals surface area contributed by atoms with Gasteiger partial charge >= 0.3 is 0 Å². The summed E-state index contributed by atoms with van der Waals surface area (Å²) in [6.45, 7) is 5.78. The van der Waals surface area contributed by atoms with Gasteiger partial charge < -0.3 is 14.7 Å². The normalized spacial score (nSPS) is 20.1. The summed E-state index contributed by atoms with van der Waals surface area (Å²) in [5.41, 5.74) is 0.115. The van der Waals surface area contributed by atoms with Crippen molar-refractivity contribution in [3.8, 4) is 5.75 Å². The highest BCUT2D eigenvalue weighted by Gasteiger charge is 2.33. The molecule has 18 heavy (non-hydrogen) atoms. The molecule has 2 rings (SSSR count). The number of nitrogens with zero attached hydrogens (tertiary/aromatic N) is 2. The van der Waals surface area contributed by atoms with E-state index >= 15 is 0 Å². The second kappa shape index (κ2) is 5.24. The van der Waals surface area contributed by atoms with Crippen LogP contribution in [0.3, 0.4) is 0 Å². The van der Waals surface area contributed by atoms with E-state index in [-0.39, 0.29) is 6.10 Å². The molecule has 0 saturated carbocycles. The number of rotatable bonds is 3. The molecule has 4 nitrogen and oxygen atoms in total. The van der Waals surface area contributed by atoms with Crippen molar-refractivity contribution in [2.24, 2.45) is 0 Å². The summed E-state index contributed by atoms with van der Waals surface area (Å²) in [4.78, 5) is 6.41. The molecule has 1 aromatic heterocycles. The number of aliphatic hydroxyl groups is 1. The summed E-state index contributed by atoms with van der Waals surface area (Å²) in [5, 5.41) is 10.7. The summed E-state index contributed by atoms with van der Waals surface area (Å²) in [6.07, 6.45) is 5.06. The molecule has 1 saturated heterocycles. The molecule has 1 fully saturated rings. The van der Waals surface area contributed by atoms with E-state index < -0.39 is 5.60 Å². The zero-order chi connectivity index (χ0) is 13.2. The molecule has 1 N–H and O–H groups in total. The average molecular weight is 250 g/mol. The van der Waals surface area contributed by atoms with E-state index in [1.54, 1.807) is 12.4 Å². The van der Waals surface area contributed by atoms with E-state index in [4.69, 9.17) is 4.74 Å². The molecule has 1 aliphatic rings. The highest BCUT2D eigenvalue weighted by atomic mass is 16.5. The number of hydrogen-bond donors (Lipinski definition) is 1. The third-order valence-electron chi connectivity index (χ3n) is 3.44. The molecule has 0 aliphatic carbocycles. The van der Waals surface area contributed by atoms with Crippen molar-refractivity contribution in [2.45, 2.75) is 38.4 Å². The van der Waals surface area contributed by atoms with Crippen molar-refractivity contribution in [3.63, 3.8) is 0 Å². The zero-order valence-corrected chi connectivity index (χ0v) is 11.4. The smallest absolute Gasteiger partial charge is 0.138 e. The fraction of sp³-hybridized carbons (Fsp3) is 0.643. The third-order valence-corrected chi connectivity index (χ3v) is 3.44. The molecule has 1 aromatic rings. The van der Waals surface area contributed by atoms with Gasteiger partial charge in [-0.25, -0.2) is 0 Å². The second-order valence-corrected chi connectivity index (χ2v) is 5.41. The monoisotopic (exact) mass is 250 g/mol. The number of hydrogen-bond acceptors (Lipinski definition) is 4. The van der Waals surface area contributed by atoms with E-state index in [1.807, 2.05) is 19.9 Å². The van der Waals surface area contributed by atoms with Crippen LogP contribution in [-0.4, -0.2) is 41.2 Å². The summed E-state index contributed by atoms with van der Waals surface area (Å²) in [6, 6.07) is 1.92. The Kier molecular flexibility index (Phi) is 3.88. The quantitative estimate of drug-likeness (QED) is 0.888. The van der Waals surface area contributed by atoms with E-state index in [2.05, 4.69) is 16.9 Å². The van der Waals surface area contributed by atoms with Gasteiger partial charge in [0.2, 0.25) is 0 Å². The van der Waals surface area contributed by atoms with E-state index in [9.17, 15) is 5.11 Å². The van der Waals surface area contributed by atoms with E-state index in [0.717, 1.165) is 37.2 Å². The van der Waals surface area contributed by atoms with Crippen LogP contribution in [0.1, 0.15) is 32.3 Å².